The van der Waals surface area contributed by atoms with Crippen molar-refractivity contribution < 1.29 is 14.6 Å². The fraction of sp³-hybridized carbons (Fsp3) is 0.733. The molecule has 1 unspecified atom stereocenters. The van der Waals surface area contributed by atoms with E-state index in [2.05, 4.69) is 20.9 Å². The Labute approximate surface area is 139 Å². The first-order chi connectivity index (χ1) is 10.1. The van der Waals surface area contributed by atoms with Crippen LogP contribution in [-0.4, -0.2) is 44.3 Å². The molecule has 22 heavy (non-hydrogen) atoms. The number of hydrogen-bond acceptors (Lipinski definition) is 4. The lowest BCUT2D eigenvalue weighted by Crippen LogP contribution is -2.38. The molecule has 1 atom stereocenters. The van der Waals surface area contributed by atoms with Gasteiger partial charge in [0, 0.05) is 32.8 Å². The van der Waals surface area contributed by atoms with Crippen LogP contribution in [0.3, 0.4) is 0 Å². The highest BCUT2D eigenvalue weighted by atomic mass is 79.9. The Kier molecular flexibility index (Phi) is 4.87. The number of aryl methyl sites for hydroxylation is 1. The standard InChI is InChI=1S/C15H24BrN3O3/c1-14(2,3)22-13(20)19-8-5-6-15(21,7-9-19)12-17-11(16)10-18(12)4/h10,21H,5-9H2,1-4H3. The lowest BCUT2D eigenvalue weighted by atomic mass is 9.94. The van der Waals surface area contributed by atoms with E-state index in [1.807, 2.05) is 38.6 Å². The summed E-state index contributed by atoms with van der Waals surface area (Å²) in [5, 5.41) is 11.0. The van der Waals surface area contributed by atoms with Crippen molar-refractivity contribution in [3.63, 3.8) is 0 Å². The predicted molar refractivity (Wildman–Crippen MR) is 86.5 cm³/mol. The van der Waals surface area contributed by atoms with Crippen LogP contribution in [0, 0.1) is 0 Å². The van der Waals surface area contributed by atoms with E-state index in [0.29, 0.717) is 42.8 Å². The Bertz CT molecular complexity index is 553. The van der Waals surface area contributed by atoms with E-state index in [4.69, 9.17) is 4.74 Å². The van der Waals surface area contributed by atoms with Gasteiger partial charge in [-0.15, -0.1) is 0 Å². The number of aromatic nitrogens is 2. The Morgan fingerprint density at radius 2 is 2.09 bits per heavy atom. The zero-order chi connectivity index (χ0) is 16.5. The average Bonchev–Trinajstić information content (AvgIpc) is 2.59. The highest BCUT2D eigenvalue weighted by Gasteiger charge is 2.37. The van der Waals surface area contributed by atoms with Crippen LogP contribution in [0.25, 0.3) is 0 Å². The van der Waals surface area contributed by atoms with Gasteiger partial charge in [-0.1, -0.05) is 0 Å². The van der Waals surface area contributed by atoms with Crippen molar-refractivity contribution in [2.45, 2.75) is 51.2 Å². The molecule has 0 bridgehead atoms. The third-order valence-electron chi connectivity index (χ3n) is 3.73. The molecule has 0 radical (unpaired) electrons. The predicted octanol–water partition coefficient (Wildman–Crippen LogP) is 2.79. The van der Waals surface area contributed by atoms with Crippen molar-refractivity contribution in [3.05, 3.63) is 16.6 Å². The van der Waals surface area contributed by atoms with Gasteiger partial charge in [0.2, 0.25) is 0 Å². The highest BCUT2D eigenvalue weighted by molar-refractivity contribution is 9.10. The molecule has 0 aliphatic carbocycles. The van der Waals surface area contributed by atoms with Gasteiger partial charge in [-0.3, -0.25) is 0 Å². The molecule has 1 saturated heterocycles. The van der Waals surface area contributed by atoms with Crippen LogP contribution >= 0.6 is 15.9 Å². The molecule has 1 aromatic heterocycles. The van der Waals surface area contributed by atoms with Crippen molar-refractivity contribution in [2.24, 2.45) is 7.05 Å². The summed E-state index contributed by atoms with van der Waals surface area (Å²) in [4.78, 5) is 18.2. The van der Waals surface area contributed by atoms with Gasteiger partial charge in [-0.2, -0.15) is 0 Å². The fourth-order valence-corrected chi connectivity index (χ4v) is 3.19. The molecule has 1 N–H and O–H groups in total. The topological polar surface area (TPSA) is 67.6 Å². The lowest BCUT2D eigenvalue weighted by molar-refractivity contribution is 0.00524. The summed E-state index contributed by atoms with van der Waals surface area (Å²) < 4.78 is 7.94. The van der Waals surface area contributed by atoms with Gasteiger partial charge in [0.1, 0.15) is 21.6 Å². The molecule has 1 aliphatic rings. The number of ether oxygens (including phenoxy) is 1. The first-order valence-corrected chi connectivity index (χ1v) is 8.30. The van der Waals surface area contributed by atoms with Crippen molar-refractivity contribution >= 4 is 22.0 Å². The minimum absolute atomic E-state index is 0.322. The molecule has 1 fully saturated rings. The average molecular weight is 374 g/mol. The molecule has 7 heteroatoms. The van der Waals surface area contributed by atoms with Crippen LogP contribution in [0.15, 0.2) is 10.8 Å². The third kappa shape index (κ3) is 4.01. The number of halogens is 1. The number of likely N-dealkylation sites (tertiary alicyclic amines) is 1. The zero-order valence-electron chi connectivity index (χ0n) is 13.6. The van der Waals surface area contributed by atoms with E-state index in [-0.39, 0.29) is 6.09 Å². The Balaban J connectivity index is 2.09. The molecule has 1 aliphatic heterocycles. The van der Waals surface area contributed by atoms with Crippen molar-refractivity contribution in [1.29, 1.82) is 0 Å². The molecule has 0 spiro atoms. The van der Waals surface area contributed by atoms with Gasteiger partial charge < -0.3 is 19.3 Å². The Morgan fingerprint density at radius 3 is 2.64 bits per heavy atom. The van der Waals surface area contributed by atoms with Crippen LogP contribution in [-0.2, 0) is 17.4 Å². The van der Waals surface area contributed by atoms with E-state index in [1.54, 1.807) is 4.90 Å². The minimum atomic E-state index is -1.02. The largest absolute Gasteiger partial charge is 0.444 e. The molecule has 2 rings (SSSR count). The number of rotatable bonds is 1. The Morgan fingerprint density at radius 1 is 1.41 bits per heavy atom. The molecule has 1 aromatic rings. The molecule has 0 saturated carbocycles. The number of amides is 1. The summed E-state index contributed by atoms with van der Waals surface area (Å²) in [6.45, 7) is 6.60. The molecular weight excluding hydrogens is 350 g/mol. The van der Waals surface area contributed by atoms with Crippen LogP contribution in [0.1, 0.15) is 45.9 Å². The first-order valence-electron chi connectivity index (χ1n) is 7.50. The number of imidazole rings is 1. The third-order valence-corrected chi connectivity index (χ3v) is 4.11. The monoisotopic (exact) mass is 373 g/mol. The van der Waals surface area contributed by atoms with Gasteiger partial charge in [-0.05, 0) is 49.5 Å². The van der Waals surface area contributed by atoms with Crippen LogP contribution in [0.2, 0.25) is 0 Å². The molecule has 1 amide bonds. The van der Waals surface area contributed by atoms with Crippen molar-refractivity contribution in [1.82, 2.24) is 14.5 Å². The fourth-order valence-electron chi connectivity index (χ4n) is 2.71. The number of aliphatic hydroxyl groups is 1. The maximum atomic E-state index is 12.2. The van der Waals surface area contributed by atoms with Crippen LogP contribution < -0.4 is 0 Å². The van der Waals surface area contributed by atoms with E-state index in [0.717, 1.165) is 0 Å². The summed E-state index contributed by atoms with van der Waals surface area (Å²) in [7, 11) is 1.86. The molecule has 124 valence electrons. The summed E-state index contributed by atoms with van der Waals surface area (Å²) in [6.07, 6.45) is 3.23. The van der Waals surface area contributed by atoms with Gasteiger partial charge in [-0.25, -0.2) is 9.78 Å². The van der Waals surface area contributed by atoms with E-state index >= 15 is 0 Å². The summed E-state index contributed by atoms with van der Waals surface area (Å²) in [5.41, 5.74) is -1.53. The molecular formula is C15H24BrN3O3. The van der Waals surface area contributed by atoms with Crippen LogP contribution in [0.4, 0.5) is 4.79 Å². The smallest absolute Gasteiger partial charge is 0.410 e. The second kappa shape index (κ2) is 6.20. The number of hydrogen-bond donors (Lipinski definition) is 1. The lowest BCUT2D eigenvalue weighted by Gasteiger charge is -2.28. The minimum Gasteiger partial charge on any atom is -0.444 e. The first kappa shape index (κ1) is 17.3. The maximum absolute atomic E-state index is 12.2. The number of carbonyl (C=O) groups excluding carboxylic acids is 1. The second-order valence-electron chi connectivity index (χ2n) is 6.85. The molecule has 0 aromatic carbocycles. The quantitative estimate of drug-likeness (QED) is 0.821. The Hall–Kier alpha value is -1.08. The normalized spacial score (nSPS) is 23.3. The van der Waals surface area contributed by atoms with Crippen molar-refractivity contribution in [2.75, 3.05) is 13.1 Å². The summed E-state index contributed by atoms with van der Waals surface area (Å²) in [6, 6.07) is 0. The van der Waals surface area contributed by atoms with E-state index < -0.39 is 11.2 Å². The zero-order valence-corrected chi connectivity index (χ0v) is 15.2. The van der Waals surface area contributed by atoms with E-state index in [9.17, 15) is 9.90 Å². The number of carbonyl (C=O) groups is 1. The molecule has 6 nitrogen and oxygen atoms in total. The number of nitrogens with zero attached hydrogens (tertiary/aromatic N) is 3. The maximum Gasteiger partial charge on any atom is 0.410 e. The highest BCUT2D eigenvalue weighted by Crippen LogP contribution is 2.33. The van der Waals surface area contributed by atoms with Crippen LogP contribution in [0.5, 0.6) is 0 Å². The van der Waals surface area contributed by atoms with Gasteiger partial charge in [0.15, 0.2) is 0 Å². The van der Waals surface area contributed by atoms with Gasteiger partial charge in [0.25, 0.3) is 0 Å². The van der Waals surface area contributed by atoms with E-state index in [1.165, 1.54) is 0 Å². The second-order valence-corrected chi connectivity index (χ2v) is 7.66. The van der Waals surface area contributed by atoms with Gasteiger partial charge in [0.05, 0.1) is 0 Å². The summed E-state index contributed by atoms with van der Waals surface area (Å²) in [5.74, 6) is 0.630. The molecule has 2 heterocycles. The SMILES string of the molecule is Cn1cc(Br)nc1C1(O)CCCN(C(=O)OC(C)(C)C)CC1. The van der Waals surface area contributed by atoms with Gasteiger partial charge >= 0.3 is 6.09 Å². The summed E-state index contributed by atoms with van der Waals surface area (Å²) >= 11 is 3.33. The van der Waals surface area contributed by atoms with Crippen molar-refractivity contribution in [3.8, 4) is 0 Å².